The van der Waals surface area contributed by atoms with E-state index in [2.05, 4.69) is 34.6 Å². The Hall–Kier alpha value is -0.0800. The van der Waals surface area contributed by atoms with Gasteiger partial charge in [0.15, 0.2) is 5.79 Å². The van der Waals surface area contributed by atoms with Crippen LogP contribution in [-0.4, -0.2) is 17.5 Å². The number of ether oxygens (including phenoxy) is 2. The van der Waals surface area contributed by atoms with Crippen LogP contribution < -0.4 is 0 Å². The number of hydrogen-bond acceptors (Lipinski definition) is 2. The Labute approximate surface area is 105 Å². The van der Waals surface area contributed by atoms with Crippen molar-refractivity contribution in [3.8, 4) is 0 Å². The van der Waals surface area contributed by atoms with E-state index < -0.39 is 5.79 Å². The first kappa shape index (κ1) is 12.0. The van der Waals surface area contributed by atoms with Crippen LogP contribution in [0.25, 0.3) is 0 Å². The molecule has 0 N–H and O–H groups in total. The fraction of sp³-hybridized carbons (Fsp3) is 1.00. The van der Waals surface area contributed by atoms with Crippen molar-refractivity contribution < 1.29 is 9.47 Å². The van der Waals surface area contributed by atoms with Gasteiger partial charge in [-0.05, 0) is 58.3 Å². The van der Waals surface area contributed by atoms with Gasteiger partial charge >= 0.3 is 0 Å². The first-order valence-electron chi connectivity index (χ1n) is 7.15. The molecule has 2 aliphatic carbocycles. The molecule has 2 nitrogen and oxygen atoms in total. The molecule has 0 aromatic rings. The van der Waals surface area contributed by atoms with E-state index in [1.807, 2.05) is 0 Å². The minimum atomic E-state index is -0.417. The van der Waals surface area contributed by atoms with Gasteiger partial charge in [-0.3, -0.25) is 0 Å². The maximum Gasteiger partial charge on any atom is 0.163 e. The average Bonchev–Trinajstić information content (AvgIpc) is 2.74. The summed E-state index contributed by atoms with van der Waals surface area (Å²) in [5, 5.41) is 0. The van der Waals surface area contributed by atoms with Gasteiger partial charge in [-0.15, -0.1) is 0 Å². The van der Waals surface area contributed by atoms with Gasteiger partial charge in [0.25, 0.3) is 0 Å². The van der Waals surface area contributed by atoms with E-state index in [0.29, 0.717) is 0 Å². The van der Waals surface area contributed by atoms with Crippen LogP contribution in [0.5, 0.6) is 0 Å². The van der Waals surface area contributed by atoms with Gasteiger partial charge in [0.1, 0.15) is 0 Å². The SMILES string of the molecule is CC1OC(C)(C)OC2(CC3CCC2C3)C1(C)C. The molecule has 1 spiro atoms. The summed E-state index contributed by atoms with van der Waals surface area (Å²) in [6.07, 6.45) is 5.68. The first-order chi connectivity index (χ1) is 7.77. The van der Waals surface area contributed by atoms with E-state index in [9.17, 15) is 0 Å². The van der Waals surface area contributed by atoms with Gasteiger partial charge in [-0.1, -0.05) is 13.8 Å². The van der Waals surface area contributed by atoms with Crippen molar-refractivity contribution in [2.75, 3.05) is 0 Å². The van der Waals surface area contributed by atoms with Crippen LogP contribution in [0.4, 0.5) is 0 Å². The standard InChI is InChI=1S/C15H26O2/c1-10-13(2,3)15(17-14(4,5)16-10)9-11-6-7-12(15)8-11/h10-12H,6-9H2,1-5H3. The molecule has 3 aliphatic rings. The Morgan fingerprint density at radius 2 is 1.76 bits per heavy atom. The van der Waals surface area contributed by atoms with Gasteiger partial charge in [0.05, 0.1) is 11.7 Å². The van der Waals surface area contributed by atoms with Crippen molar-refractivity contribution in [1.29, 1.82) is 0 Å². The fourth-order valence-electron chi connectivity index (χ4n) is 4.70. The van der Waals surface area contributed by atoms with E-state index in [-0.39, 0.29) is 17.1 Å². The Kier molecular flexibility index (Phi) is 2.30. The van der Waals surface area contributed by atoms with Crippen molar-refractivity contribution in [3.05, 3.63) is 0 Å². The van der Waals surface area contributed by atoms with Gasteiger partial charge in [-0.25, -0.2) is 0 Å². The highest BCUT2D eigenvalue weighted by molar-refractivity contribution is 5.13. The molecule has 17 heavy (non-hydrogen) atoms. The minimum Gasteiger partial charge on any atom is -0.347 e. The Morgan fingerprint density at radius 1 is 1.06 bits per heavy atom. The van der Waals surface area contributed by atoms with Gasteiger partial charge < -0.3 is 9.47 Å². The maximum atomic E-state index is 6.52. The Morgan fingerprint density at radius 3 is 2.29 bits per heavy atom. The lowest BCUT2D eigenvalue weighted by Crippen LogP contribution is -2.65. The molecular formula is C15H26O2. The zero-order valence-electron chi connectivity index (χ0n) is 11.9. The smallest absolute Gasteiger partial charge is 0.163 e. The van der Waals surface area contributed by atoms with Crippen molar-refractivity contribution in [3.63, 3.8) is 0 Å². The molecule has 2 heteroatoms. The molecule has 0 amide bonds. The first-order valence-corrected chi connectivity index (χ1v) is 7.15. The van der Waals surface area contributed by atoms with Crippen molar-refractivity contribution in [1.82, 2.24) is 0 Å². The predicted octanol–water partition coefficient (Wildman–Crippen LogP) is 3.74. The quantitative estimate of drug-likeness (QED) is 0.640. The van der Waals surface area contributed by atoms with E-state index in [1.165, 1.54) is 25.7 Å². The summed E-state index contributed by atoms with van der Waals surface area (Å²) < 4.78 is 12.6. The van der Waals surface area contributed by atoms with Crippen LogP contribution in [0.1, 0.15) is 60.3 Å². The average molecular weight is 238 g/mol. The maximum absolute atomic E-state index is 6.52. The minimum absolute atomic E-state index is 0.0666. The molecule has 1 saturated heterocycles. The molecule has 1 heterocycles. The lowest BCUT2D eigenvalue weighted by atomic mass is 9.62. The highest BCUT2D eigenvalue weighted by Crippen LogP contribution is 2.63. The van der Waals surface area contributed by atoms with E-state index in [1.54, 1.807) is 0 Å². The van der Waals surface area contributed by atoms with Crippen LogP contribution in [-0.2, 0) is 9.47 Å². The Bertz CT molecular complexity index is 334. The summed E-state index contributed by atoms with van der Waals surface area (Å²) in [6, 6.07) is 0. The molecule has 1 aliphatic heterocycles. The van der Waals surface area contributed by atoms with Crippen LogP contribution >= 0.6 is 0 Å². The van der Waals surface area contributed by atoms with Gasteiger partial charge in [0, 0.05) is 5.41 Å². The molecular weight excluding hydrogens is 212 g/mol. The van der Waals surface area contributed by atoms with Gasteiger partial charge in [-0.2, -0.15) is 0 Å². The van der Waals surface area contributed by atoms with Crippen molar-refractivity contribution in [2.24, 2.45) is 17.3 Å². The molecule has 2 bridgehead atoms. The summed E-state index contributed by atoms with van der Waals surface area (Å²) in [7, 11) is 0. The topological polar surface area (TPSA) is 18.5 Å². The van der Waals surface area contributed by atoms with E-state index >= 15 is 0 Å². The van der Waals surface area contributed by atoms with Gasteiger partial charge in [0.2, 0.25) is 0 Å². The third-order valence-corrected chi connectivity index (χ3v) is 5.79. The normalized spacial score (nSPS) is 51.0. The summed E-state index contributed by atoms with van der Waals surface area (Å²) in [4.78, 5) is 0. The predicted molar refractivity (Wildman–Crippen MR) is 67.7 cm³/mol. The molecule has 4 atom stereocenters. The zero-order valence-corrected chi connectivity index (χ0v) is 11.9. The number of fused-ring (bicyclic) bond motifs is 3. The lowest BCUT2D eigenvalue weighted by Gasteiger charge is -2.59. The Balaban J connectivity index is 2.01. The van der Waals surface area contributed by atoms with E-state index in [4.69, 9.17) is 9.47 Å². The highest BCUT2D eigenvalue weighted by Gasteiger charge is 2.65. The summed E-state index contributed by atoms with van der Waals surface area (Å²) in [6.45, 7) is 11.1. The van der Waals surface area contributed by atoms with E-state index in [0.717, 1.165) is 11.8 Å². The van der Waals surface area contributed by atoms with Crippen LogP contribution in [0.15, 0.2) is 0 Å². The lowest BCUT2D eigenvalue weighted by molar-refractivity contribution is -0.387. The zero-order chi connectivity index (χ0) is 12.5. The van der Waals surface area contributed by atoms with Crippen molar-refractivity contribution >= 4 is 0 Å². The van der Waals surface area contributed by atoms with Crippen molar-refractivity contribution in [2.45, 2.75) is 77.8 Å². The fourth-order valence-corrected chi connectivity index (χ4v) is 4.70. The summed E-state index contributed by atoms with van der Waals surface area (Å²) in [5.41, 5.74) is 0.194. The molecule has 98 valence electrons. The number of hydrogen-bond donors (Lipinski definition) is 0. The monoisotopic (exact) mass is 238 g/mol. The number of rotatable bonds is 0. The van der Waals surface area contributed by atoms with Crippen LogP contribution in [0.2, 0.25) is 0 Å². The third-order valence-electron chi connectivity index (χ3n) is 5.79. The molecule has 3 rings (SSSR count). The molecule has 3 fully saturated rings. The highest BCUT2D eigenvalue weighted by atomic mass is 16.7. The summed E-state index contributed by atoms with van der Waals surface area (Å²) in [5.74, 6) is 1.24. The molecule has 0 aromatic heterocycles. The van der Waals surface area contributed by atoms with Crippen LogP contribution in [0.3, 0.4) is 0 Å². The largest absolute Gasteiger partial charge is 0.347 e. The second kappa shape index (κ2) is 3.27. The molecule has 2 saturated carbocycles. The third kappa shape index (κ3) is 1.46. The second-order valence-electron chi connectivity index (χ2n) is 7.45. The second-order valence-corrected chi connectivity index (χ2v) is 7.45. The summed E-state index contributed by atoms with van der Waals surface area (Å²) >= 11 is 0. The van der Waals surface area contributed by atoms with Crippen LogP contribution in [0, 0.1) is 17.3 Å². The molecule has 0 radical (unpaired) electrons. The molecule has 0 aromatic carbocycles. The molecule has 4 unspecified atom stereocenters.